The number of carbonyl (C=O) groups excluding carboxylic acids is 1. The molecule has 25 heavy (non-hydrogen) atoms. The van der Waals surface area contributed by atoms with Crippen LogP contribution in [0.2, 0.25) is 0 Å². The van der Waals surface area contributed by atoms with Crippen LogP contribution in [0.5, 0.6) is 0 Å². The molecule has 1 saturated heterocycles. The van der Waals surface area contributed by atoms with Gasteiger partial charge in [-0.2, -0.15) is 0 Å². The van der Waals surface area contributed by atoms with Crippen LogP contribution in [0, 0.1) is 5.41 Å². The summed E-state index contributed by atoms with van der Waals surface area (Å²) in [6, 6.07) is 9.54. The summed E-state index contributed by atoms with van der Waals surface area (Å²) in [5.74, 6) is -0.486. The molecule has 1 amide bonds. The van der Waals surface area contributed by atoms with Gasteiger partial charge in [0.2, 0.25) is 0 Å². The average Bonchev–Trinajstić information content (AvgIpc) is 2.64. The van der Waals surface area contributed by atoms with Gasteiger partial charge in [-0.15, -0.1) is 0 Å². The lowest BCUT2D eigenvalue weighted by atomic mass is 9.73. The zero-order chi connectivity index (χ0) is 17.9. The van der Waals surface area contributed by atoms with Crippen LogP contribution in [0.25, 0.3) is 0 Å². The SMILES string of the molecule is O=C(c1ncc[nH]c1=O)N1CC[C@H](O)[C@](CO)(Cc2ccccc2)C1. The lowest BCUT2D eigenvalue weighted by Crippen LogP contribution is -2.56. The Labute approximate surface area is 145 Å². The lowest BCUT2D eigenvalue weighted by Gasteiger charge is -2.45. The van der Waals surface area contributed by atoms with E-state index in [1.165, 1.54) is 17.3 Å². The number of hydrogen-bond acceptors (Lipinski definition) is 5. The van der Waals surface area contributed by atoms with E-state index < -0.39 is 23.0 Å². The highest BCUT2D eigenvalue weighted by Crippen LogP contribution is 2.34. The van der Waals surface area contributed by atoms with Gasteiger partial charge in [-0.25, -0.2) is 4.98 Å². The highest BCUT2D eigenvalue weighted by molar-refractivity contribution is 5.92. The van der Waals surface area contributed by atoms with Crippen molar-refractivity contribution in [3.8, 4) is 0 Å². The van der Waals surface area contributed by atoms with Gasteiger partial charge >= 0.3 is 0 Å². The van der Waals surface area contributed by atoms with Gasteiger partial charge in [0.05, 0.1) is 12.7 Å². The number of aromatic nitrogens is 2. The van der Waals surface area contributed by atoms with Gasteiger partial charge in [0.1, 0.15) is 0 Å². The van der Waals surface area contributed by atoms with Gasteiger partial charge in [0.15, 0.2) is 5.69 Å². The normalized spacial score (nSPS) is 23.4. The number of rotatable bonds is 4. The molecule has 1 aliphatic heterocycles. The number of nitrogens with one attached hydrogen (secondary N) is 1. The first-order chi connectivity index (χ1) is 12.1. The van der Waals surface area contributed by atoms with E-state index in [0.29, 0.717) is 19.4 Å². The van der Waals surface area contributed by atoms with Gasteiger partial charge in [0, 0.05) is 30.9 Å². The quantitative estimate of drug-likeness (QED) is 0.735. The third kappa shape index (κ3) is 3.47. The molecule has 0 spiro atoms. The molecular weight excluding hydrogens is 322 g/mol. The van der Waals surface area contributed by atoms with Crippen LogP contribution in [0.1, 0.15) is 22.5 Å². The van der Waals surface area contributed by atoms with Crippen LogP contribution in [0.15, 0.2) is 47.5 Å². The number of piperidine rings is 1. The summed E-state index contributed by atoms with van der Waals surface area (Å²) in [6.07, 6.45) is 2.77. The molecule has 1 aromatic heterocycles. The van der Waals surface area contributed by atoms with Gasteiger partial charge in [-0.1, -0.05) is 30.3 Å². The Balaban J connectivity index is 1.86. The predicted molar refractivity (Wildman–Crippen MR) is 91.0 cm³/mol. The number of nitrogens with zero attached hydrogens (tertiary/aromatic N) is 2. The molecule has 2 atom stereocenters. The summed E-state index contributed by atoms with van der Waals surface area (Å²) in [5.41, 5.74) is -0.612. The van der Waals surface area contributed by atoms with Crippen LogP contribution >= 0.6 is 0 Å². The molecule has 0 radical (unpaired) electrons. The van der Waals surface area contributed by atoms with Crippen LogP contribution in [0.4, 0.5) is 0 Å². The molecule has 3 N–H and O–H groups in total. The maximum atomic E-state index is 12.7. The average molecular weight is 343 g/mol. The molecule has 0 unspecified atom stereocenters. The first-order valence-corrected chi connectivity index (χ1v) is 8.21. The van der Waals surface area contributed by atoms with Crippen LogP contribution < -0.4 is 5.56 Å². The molecule has 1 fully saturated rings. The molecule has 0 saturated carbocycles. The number of amides is 1. The third-order valence-corrected chi connectivity index (χ3v) is 4.80. The number of likely N-dealkylation sites (tertiary alicyclic amines) is 1. The van der Waals surface area contributed by atoms with Crippen molar-refractivity contribution in [2.75, 3.05) is 19.7 Å². The minimum absolute atomic E-state index is 0.161. The molecule has 3 rings (SSSR count). The van der Waals surface area contributed by atoms with Crippen LogP contribution in [-0.2, 0) is 6.42 Å². The van der Waals surface area contributed by atoms with E-state index in [-0.39, 0.29) is 18.8 Å². The van der Waals surface area contributed by atoms with Crippen molar-refractivity contribution < 1.29 is 15.0 Å². The molecule has 132 valence electrons. The molecule has 2 aromatic rings. The second kappa shape index (κ2) is 7.16. The molecule has 0 bridgehead atoms. The van der Waals surface area contributed by atoms with E-state index in [2.05, 4.69) is 9.97 Å². The van der Waals surface area contributed by atoms with Crippen molar-refractivity contribution in [3.05, 3.63) is 64.3 Å². The Morgan fingerprint density at radius 1 is 1.36 bits per heavy atom. The van der Waals surface area contributed by atoms with Crippen molar-refractivity contribution >= 4 is 5.91 Å². The topological polar surface area (TPSA) is 107 Å². The Morgan fingerprint density at radius 3 is 2.80 bits per heavy atom. The fourth-order valence-electron chi connectivity index (χ4n) is 3.36. The summed E-state index contributed by atoms with van der Waals surface area (Å²) in [7, 11) is 0. The highest BCUT2D eigenvalue weighted by atomic mass is 16.3. The largest absolute Gasteiger partial charge is 0.396 e. The Morgan fingerprint density at radius 2 is 2.12 bits per heavy atom. The van der Waals surface area contributed by atoms with E-state index in [1.54, 1.807) is 0 Å². The predicted octanol–water partition coefficient (Wildman–Crippen LogP) is 0.198. The van der Waals surface area contributed by atoms with E-state index in [9.17, 15) is 19.8 Å². The molecule has 0 aliphatic carbocycles. The third-order valence-electron chi connectivity index (χ3n) is 4.80. The fourth-order valence-corrected chi connectivity index (χ4v) is 3.36. The second-order valence-electron chi connectivity index (χ2n) is 6.48. The minimum Gasteiger partial charge on any atom is -0.396 e. The number of H-pyrrole nitrogens is 1. The minimum atomic E-state index is -0.864. The van der Waals surface area contributed by atoms with Crippen molar-refractivity contribution in [2.24, 2.45) is 5.41 Å². The maximum absolute atomic E-state index is 12.7. The maximum Gasteiger partial charge on any atom is 0.279 e. The van der Waals surface area contributed by atoms with Crippen molar-refractivity contribution in [1.82, 2.24) is 14.9 Å². The molecule has 7 nitrogen and oxygen atoms in total. The first-order valence-electron chi connectivity index (χ1n) is 8.21. The highest BCUT2D eigenvalue weighted by Gasteiger charge is 2.44. The molecule has 1 aliphatic rings. The first kappa shape index (κ1) is 17.3. The zero-order valence-corrected chi connectivity index (χ0v) is 13.8. The van der Waals surface area contributed by atoms with E-state index in [1.807, 2.05) is 30.3 Å². The summed E-state index contributed by atoms with van der Waals surface area (Å²) < 4.78 is 0. The standard InChI is InChI=1S/C18H21N3O4/c22-12-18(10-13-4-2-1-3-5-13)11-21(9-6-14(18)23)17(25)15-16(24)20-8-7-19-15/h1-5,7-8,14,22-23H,6,9-12H2,(H,20,24)/t14-,18+/m0/s1. The number of aliphatic hydroxyl groups excluding tert-OH is 2. The summed E-state index contributed by atoms with van der Waals surface area (Å²) >= 11 is 0. The van der Waals surface area contributed by atoms with Crippen molar-refractivity contribution in [3.63, 3.8) is 0 Å². The van der Waals surface area contributed by atoms with E-state index in [0.717, 1.165) is 5.56 Å². The summed E-state index contributed by atoms with van der Waals surface area (Å²) in [4.78, 5) is 32.3. The Hall–Kier alpha value is -2.51. The molecule has 2 heterocycles. The van der Waals surface area contributed by atoms with Crippen LogP contribution in [0.3, 0.4) is 0 Å². The molecular formula is C18H21N3O4. The van der Waals surface area contributed by atoms with Crippen molar-refractivity contribution in [2.45, 2.75) is 18.9 Å². The number of carbonyl (C=O) groups is 1. The Bertz CT molecular complexity index is 792. The zero-order valence-electron chi connectivity index (χ0n) is 13.8. The van der Waals surface area contributed by atoms with Gasteiger partial charge in [-0.3, -0.25) is 9.59 Å². The smallest absolute Gasteiger partial charge is 0.279 e. The number of hydrogen-bond donors (Lipinski definition) is 3. The van der Waals surface area contributed by atoms with Crippen LogP contribution in [-0.4, -0.2) is 56.8 Å². The van der Waals surface area contributed by atoms with Gasteiger partial charge < -0.3 is 20.1 Å². The Kier molecular flexibility index (Phi) is 4.96. The number of aromatic amines is 1. The number of aliphatic hydroxyl groups is 2. The lowest BCUT2D eigenvalue weighted by molar-refractivity contribution is -0.0670. The summed E-state index contributed by atoms with van der Waals surface area (Å²) in [5, 5.41) is 20.5. The summed E-state index contributed by atoms with van der Waals surface area (Å²) in [6.45, 7) is 0.215. The van der Waals surface area contributed by atoms with Crippen molar-refractivity contribution in [1.29, 1.82) is 0 Å². The second-order valence-corrected chi connectivity index (χ2v) is 6.48. The molecule has 7 heteroatoms. The van der Waals surface area contributed by atoms with Gasteiger partial charge in [-0.05, 0) is 18.4 Å². The monoisotopic (exact) mass is 343 g/mol. The van der Waals surface area contributed by atoms with E-state index in [4.69, 9.17) is 0 Å². The van der Waals surface area contributed by atoms with E-state index >= 15 is 0 Å². The van der Waals surface area contributed by atoms with Gasteiger partial charge in [0.25, 0.3) is 11.5 Å². The molecule has 1 aromatic carbocycles. The fraction of sp³-hybridized carbons (Fsp3) is 0.389. The number of benzene rings is 1.